The molecule has 0 radical (unpaired) electrons. The van der Waals surface area contributed by atoms with Gasteiger partial charge in [-0.2, -0.15) is 0 Å². The first-order chi connectivity index (χ1) is 23.4. The number of ether oxygens (including phenoxy) is 1. The number of hydrogen-bond donors (Lipinski definition) is 5. The van der Waals surface area contributed by atoms with E-state index in [4.69, 9.17) is 15.0 Å². The van der Waals surface area contributed by atoms with Crippen molar-refractivity contribution in [1.29, 1.82) is 0 Å². The fourth-order valence-corrected chi connectivity index (χ4v) is 5.53. The van der Waals surface area contributed by atoms with Gasteiger partial charge < -0.3 is 45.9 Å². The number of nitrogens with one attached hydrogen (secondary N) is 3. The van der Waals surface area contributed by atoms with Crippen LogP contribution in [0.3, 0.4) is 0 Å². The Kier molecular flexibility index (Phi) is 12.6. The van der Waals surface area contributed by atoms with Crippen LogP contribution < -0.4 is 26.4 Å². The van der Waals surface area contributed by atoms with Gasteiger partial charge in [0.05, 0.1) is 36.1 Å². The van der Waals surface area contributed by atoms with Gasteiger partial charge in [-0.3, -0.25) is 14.4 Å². The summed E-state index contributed by atoms with van der Waals surface area (Å²) in [6, 6.07) is 11.1. The first-order valence-electron chi connectivity index (χ1n) is 16.5. The molecule has 0 saturated carbocycles. The average molecular weight is 678 g/mol. The highest BCUT2D eigenvalue weighted by Crippen LogP contribution is 2.31. The summed E-state index contributed by atoms with van der Waals surface area (Å²) < 4.78 is 11.5. The van der Waals surface area contributed by atoms with Crippen LogP contribution in [-0.2, 0) is 9.59 Å². The molecule has 1 aliphatic heterocycles. The van der Waals surface area contributed by atoms with E-state index in [1.807, 2.05) is 6.92 Å². The second kappa shape index (κ2) is 16.8. The van der Waals surface area contributed by atoms with Gasteiger partial charge in [-0.05, 0) is 63.9 Å². The van der Waals surface area contributed by atoms with Gasteiger partial charge >= 0.3 is 6.03 Å². The van der Waals surface area contributed by atoms with Crippen molar-refractivity contribution in [1.82, 2.24) is 15.0 Å². The molecule has 1 aliphatic rings. The first kappa shape index (κ1) is 36.7. The lowest BCUT2D eigenvalue weighted by Gasteiger charge is -2.38. The van der Waals surface area contributed by atoms with Crippen LogP contribution in [0.25, 0.3) is 0 Å². The summed E-state index contributed by atoms with van der Waals surface area (Å²) in [7, 11) is 1.65. The van der Waals surface area contributed by atoms with E-state index in [1.54, 1.807) is 75.2 Å². The zero-order chi connectivity index (χ0) is 35.7. The summed E-state index contributed by atoms with van der Waals surface area (Å²) in [5.74, 6) is -0.0967. The van der Waals surface area contributed by atoms with Gasteiger partial charge in [-0.25, -0.2) is 4.79 Å². The van der Waals surface area contributed by atoms with Gasteiger partial charge in [0.25, 0.3) is 5.91 Å². The number of aryl methyl sites for hydroxylation is 2. The van der Waals surface area contributed by atoms with Crippen molar-refractivity contribution in [3.8, 4) is 5.75 Å². The summed E-state index contributed by atoms with van der Waals surface area (Å²) in [5, 5.41) is 22.3. The van der Waals surface area contributed by atoms with Crippen molar-refractivity contribution in [2.24, 2.45) is 5.92 Å². The van der Waals surface area contributed by atoms with Gasteiger partial charge in [0.2, 0.25) is 11.8 Å². The predicted octanol–water partition coefficient (Wildman–Crippen LogP) is 4.79. The van der Waals surface area contributed by atoms with Gasteiger partial charge in [0.1, 0.15) is 23.2 Å². The standard InChI is InChI=1S/C35H47N7O7/c1-21-18-42(22(2)20-43)34(46)26-17-25(37-31(44)13-7-6-8-14-32(45)38-28-12-10-9-11-27(28)36)15-16-29(26)48-30(21)19-41(5)35(47)39-33-23(3)40-49-24(33)4/h9-12,15-17,21-22,30,43H,6-8,13-14,18-20,36H2,1-5H3,(H,37,44)(H,38,45)(H,39,47)/t21-,22-,30+/m1/s1. The van der Waals surface area contributed by atoms with Gasteiger partial charge in [-0.15, -0.1) is 0 Å². The zero-order valence-corrected chi connectivity index (χ0v) is 28.7. The third-order valence-corrected chi connectivity index (χ3v) is 8.56. The van der Waals surface area contributed by atoms with Crippen molar-refractivity contribution in [3.63, 3.8) is 0 Å². The van der Waals surface area contributed by atoms with E-state index in [-0.39, 0.29) is 61.4 Å². The number of likely N-dealkylation sites (N-methyl/N-ethyl adjacent to an activating group) is 1. The van der Waals surface area contributed by atoms with E-state index in [0.29, 0.717) is 65.6 Å². The number of amides is 5. The maximum Gasteiger partial charge on any atom is 0.321 e. The van der Waals surface area contributed by atoms with Crippen molar-refractivity contribution < 1.29 is 33.5 Å². The summed E-state index contributed by atoms with van der Waals surface area (Å²) >= 11 is 0. The number of rotatable bonds is 13. The molecular weight excluding hydrogens is 630 g/mol. The molecule has 0 aliphatic carbocycles. The van der Waals surface area contributed by atoms with Crippen molar-refractivity contribution in [2.75, 3.05) is 48.4 Å². The molecule has 0 unspecified atom stereocenters. The minimum atomic E-state index is -0.506. The van der Waals surface area contributed by atoms with Gasteiger partial charge in [0, 0.05) is 38.0 Å². The number of benzene rings is 2. The second-order valence-electron chi connectivity index (χ2n) is 12.6. The minimum Gasteiger partial charge on any atom is -0.487 e. The Hall–Kier alpha value is -5.11. The zero-order valence-electron chi connectivity index (χ0n) is 28.7. The normalized spacial score (nSPS) is 16.4. The van der Waals surface area contributed by atoms with Crippen LogP contribution in [0.1, 0.15) is 67.8 Å². The average Bonchev–Trinajstić information content (AvgIpc) is 3.39. The molecule has 14 heteroatoms. The molecule has 3 atom stereocenters. The fraction of sp³-hybridized carbons (Fsp3) is 0.457. The Morgan fingerprint density at radius 3 is 2.41 bits per heavy atom. The molecule has 49 heavy (non-hydrogen) atoms. The summed E-state index contributed by atoms with van der Waals surface area (Å²) in [5.41, 5.74) is 8.70. The van der Waals surface area contributed by atoms with Crippen LogP contribution in [0.15, 0.2) is 47.0 Å². The number of carbonyl (C=O) groups is 4. The highest BCUT2D eigenvalue weighted by Gasteiger charge is 2.34. The summed E-state index contributed by atoms with van der Waals surface area (Å²) in [4.78, 5) is 55.0. The number of nitrogen functional groups attached to an aromatic ring is 1. The third-order valence-electron chi connectivity index (χ3n) is 8.56. The molecule has 2 aromatic carbocycles. The number of aromatic nitrogens is 1. The topological polar surface area (TPSA) is 192 Å². The van der Waals surface area contributed by atoms with Crippen LogP contribution in [0, 0.1) is 19.8 Å². The van der Waals surface area contributed by atoms with E-state index in [1.165, 1.54) is 4.90 Å². The van der Waals surface area contributed by atoms with E-state index in [0.717, 1.165) is 0 Å². The number of para-hydroxylation sites is 2. The highest BCUT2D eigenvalue weighted by molar-refractivity contribution is 6.00. The smallest absolute Gasteiger partial charge is 0.321 e. The summed E-state index contributed by atoms with van der Waals surface area (Å²) in [6.07, 6.45) is 1.93. The molecule has 3 aromatic rings. The van der Waals surface area contributed by atoms with Gasteiger partial charge in [0.15, 0.2) is 5.76 Å². The fourth-order valence-electron chi connectivity index (χ4n) is 5.53. The SMILES string of the molecule is Cc1noc(C)c1NC(=O)N(C)C[C@@H]1Oc2ccc(NC(=O)CCCCCC(=O)Nc3ccccc3N)cc2C(=O)N([C@H](C)CO)C[C@H]1C. The lowest BCUT2D eigenvalue weighted by molar-refractivity contribution is -0.116. The summed E-state index contributed by atoms with van der Waals surface area (Å²) in [6.45, 7) is 7.38. The van der Waals surface area contributed by atoms with Gasteiger partial charge in [-0.1, -0.05) is 30.6 Å². The van der Waals surface area contributed by atoms with Crippen LogP contribution in [0.5, 0.6) is 5.75 Å². The number of unbranched alkanes of at least 4 members (excludes halogenated alkanes) is 2. The Labute approximate surface area is 286 Å². The number of aliphatic hydroxyl groups is 1. The van der Waals surface area contributed by atoms with Crippen molar-refractivity contribution >= 4 is 46.5 Å². The van der Waals surface area contributed by atoms with Crippen molar-refractivity contribution in [3.05, 3.63) is 59.5 Å². The lowest BCUT2D eigenvalue weighted by Crippen LogP contribution is -2.50. The molecule has 264 valence electrons. The maximum atomic E-state index is 13.8. The maximum absolute atomic E-state index is 13.8. The molecule has 4 rings (SSSR count). The van der Waals surface area contributed by atoms with Crippen molar-refractivity contribution in [2.45, 2.75) is 71.9 Å². The Morgan fingerprint density at radius 1 is 1.06 bits per heavy atom. The largest absolute Gasteiger partial charge is 0.487 e. The van der Waals surface area contributed by atoms with Crippen LogP contribution in [0.2, 0.25) is 0 Å². The Balaban J connectivity index is 1.37. The molecule has 0 spiro atoms. The van der Waals surface area contributed by atoms with E-state index in [2.05, 4.69) is 21.1 Å². The number of carbonyl (C=O) groups excluding carboxylic acids is 4. The predicted molar refractivity (Wildman–Crippen MR) is 186 cm³/mol. The molecule has 0 fully saturated rings. The van der Waals surface area contributed by atoms with Crippen LogP contribution >= 0.6 is 0 Å². The number of urea groups is 1. The molecular formula is C35H47N7O7. The number of nitrogens with zero attached hydrogens (tertiary/aromatic N) is 3. The van der Waals surface area contributed by atoms with E-state index < -0.39 is 12.1 Å². The monoisotopic (exact) mass is 677 g/mol. The first-order valence-corrected chi connectivity index (χ1v) is 16.5. The number of fused-ring (bicyclic) bond motifs is 1. The van der Waals surface area contributed by atoms with E-state index in [9.17, 15) is 24.3 Å². The number of aliphatic hydroxyl groups excluding tert-OH is 1. The Bertz CT molecular complexity index is 1620. The van der Waals surface area contributed by atoms with E-state index >= 15 is 0 Å². The third kappa shape index (κ3) is 9.72. The molecule has 6 N–H and O–H groups in total. The lowest BCUT2D eigenvalue weighted by atomic mass is 9.99. The number of nitrogens with two attached hydrogens (primary N) is 1. The number of hydrogen-bond acceptors (Lipinski definition) is 9. The molecule has 1 aromatic heterocycles. The van der Waals surface area contributed by atoms with Crippen LogP contribution in [0.4, 0.5) is 27.5 Å². The molecule has 5 amide bonds. The number of anilines is 4. The Morgan fingerprint density at radius 2 is 1.76 bits per heavy atom. The quantitative estimate of drug-likeness (QED) is 0.125. The van der Waals surface area contributed by atoms with Crippen LogP contribution in [-0.4, -0.2) is 82.7 Å². The minimum absolute atomic E-state index is 0.136. The highest BCUT2D eigenvalue weighted by atomic mass is 16.5. The molecule has 14 nitrogen and oxygen atoms in total. The molecule has 0 bridgehead atoms. The molecule has 2 heterocycles. The molecule has 0 saturated heterocycles. The second-order valence-corrected chi connectivity index (χ2v) is 12.6.